The van der Waals surface area contributed by atoms with Gasteiger partial charge in [0.2, 0.25) is 0 Å². The molecule has 156 valence electrons. The summed E-state index contributed by atoms with van der Waals surface area (Å²) < 4.78 is 7.62. The van der Waals surface area contributed by atoms with Gasteiger partial charge < -0.3 is 9.84 Å². The van der Waals surface area contributed by atoms with Gasteiger partial charge in [-0.15, -0.1) is 0 Å². The van der Waals surface area contributed by atoms with Gasteiger partial charge in [0.05, 0.1) is 23.7 Å². The number of carbonyl (C=O) groups is 1. The van der Waals surface area contributed by atoms with Crippen LogP contribution in [0.5, 0.6) is 5.75 Å². The van der Waals surface area contributed by atoms with E-state index in [0.29, 0.717) is 11.8 Å². The highest BCUT2D eigenvalue weighted by Crippen LogP contribution is 2.38. The van der Waals surface area contributed by atoms with Crippen LogP contribution in [-0.4, -0.2) is 33.0 Å². The first kappa shape index (κ1) is 20.8. The lowest BCUT2D eigenvalue weighted by Gasteiger charge is -2.14. The Bertz CT molecular complexity index is 1160. The van der Waals surface area contributed by atoms with E-state index in [9.17, 15) is 9.90 Å². The van der Waals surface area contributed by atoms with Crippen LogP contribution in [-0.2, 0) is 4.79 Å². The molecule has 5 nitrogen and oxygen atoms in total. The molecule has 4 rings (SSSR count). The molecule has 0 fully saturated rings. The van der Waals surface area contributed by atoms with E-state index in [-0.39, 0.29) is 5.75 Å². The Morgan fingerprint density at radius 2 is 1.55 bits per heavy atom. The lowest BCUT2D eigenvalue weighted by Crippen LogP contribution is -2.03. The van der Waals surface area contributed by atoms with Crippen molar-refractivity contribution in [3.8, 4) is 34.0 Å². The maximum atomic E-state index is 11.3. The second-order valence-corrected chi connectivity index (χ2v) is 7.71. The number of hydrogen-bond acceptors (Lipinski definition) is 4. The summed E-state index contributed by atoms with van der Waals surface area (Å²) in [5, 5.41) is 9.90. The van der Waals surface area contributed by atoms with Crippen LogP contribution in [0, 0.1) is 0 Å². The van der Waals surface area contributed by atoms with Crippen molar-refractivity contribution >= 4 is 17.7 Å². The van der Waals surface area contributed by atoms with Crippen LogP contribution in [0.25, 0.3) is 28.2 Å². The quantitative estimate of drug-likeness (QED) is 0.359. The number of ether oxygens (including phenoxy) is 1. The second-order valence-electron chi connectivity index (χ2n) is 6.77. The standard InChI is InChI=1S/C25H22N2O3S/c1-2-30-21-15-13-20(14-16-21)27-24(19-11-7-4-8-12-19)23(18-9-5-3-6-10-18)26-25(27)31-17-22(28)29/h3-16H,2,17H2,1H3,(H,28,29). The summed E-state index contributed by atoms with van der Waals surface area (Å²) in [5.41, 5.74) is 4.61. The lowest BCUT2D eigenvalue weighted by atomic mass is 10.0. The summed E-state index contributed by atoms with van der Waals surface area (Å²) in [5.74, 6) is -0.166. The largest absolute Gasteiger partial charge is 0.494 e. The Balaban J connectivity index is 1.95. The number of nitrogens with zero attached hydrogens (tertiary/aromatic N) is 2. The fourth-order valence-electron chi connectivity index (χ4n) is 3.38. The van der Waals surface area contributed by atoms with Crippen molar-refractivity contribution in [1.29, 1.82) is 0 Å². The van der Waals surface area contributed by atoms with E-state index in [2.05, 4.69) is 0 Å². The molecule has 6 heteroatoms. The van der Waals surface area contributed by atoms with E-state index < -0.39 is 5.97 Å². The highest BCUT2D eigenvalue weighted by atomic mass is 32.2. The molecule has 0 amide bonds. The number of aliphatic carboxylic acids is 1. The third-order valence-electron chi connectivity index (χ3n) is 4.67. The van der Waals surface area contributed by atoms with Crippen molar-refractivity contribution in [2.24, 2.45) is 0 Å². The fraction of sp³-hybridized carbons (Fsp3) is 0.120. The van der Waals surface area contributed by atoms with Gasteiger partial charge in [-0.1, -0.05) is 72.4 Å². The molecule has 0 aliphatic rings. The second kappa shape index (κ2) is 9.53. The summed E-state index contributed by atoms with van der Waals surface area (Å²) in [4.78, 5) is 16.2. The van der Waals surface area contributed by atoms with E-state index in [4.69, 9.17) is 9.72 Å². The molecule has 4 aromatic rings. The summed E-state index contributed by atoms with van der Waals surface area (Å²) in [6, 6.07) is 27.8. The first-order valence-corrected chi connectivity index (χ1v) is 11.0. The van der Waals surface area contributed by atoms with Crippen LogP contribution >= 0.6 is 11.8 Å². The van der Waals surface area contributed by atoms with Crippen molar-refractivity contribution in [3.63, 3.8) is 0 Å². The smallest absolute Gasteiger partial charge is 0.313 e. The number of thioether (sulfide) groups is 1. The minimum atomic E-state index is -0.881. The minimum Gasteiger partial charge on any atom is -0.494 e. The molecule has 0 bridgehead atoms. The van der Waals surface area contributed by atoms with Gasteiger partial charge >= 0.3 is 5.97 Å². The van der Waals surface area contributed by atoms with Crippen LogP contribution in [0.15, 0.2) is 90.1 Å². The Kier molecular flexibility index (Phi) is 6.38. The maximum absolute atomic E-state index is 11.3. The van der Waals surface area contributed by atoms with Gasteiger partial charge in [-0.25, -0.2) is 4.98 Å². The molecular formula is C25H22N2O3S. The summed E-state index contributed by atoms with van der Waals surface area (Å²) in [6.07, 6.45) is 0. The topological polar surface area (TPSA) is 64.3 Å². The first-order chi connectivity index (χ1) is 15.2. The predicted molar refractivity (Wildman–Crippen MR) is 124 cm³/mol. The minimum absolute atomic E-state index is 0.0729. The third-order valence-corrected chi connectivity index (χ3v) is 5.60. The maximum Gasteiger partial charge on any atom is 0.313 e. The molecule has 0 atom stereocenters. The van der Waals surface area contributed by atoms with E-state index in [0.717, 1.165) is 34.0 Å². The van der Waals surface area contributed by atoms with Gasteiger partial charge in [0.25, 0.3) is 0 Å². The first-order valence-electron chi connectivity index (χ1n) is 9.98. The summed E-state index contributed by atoms with van der Waals surface area (Å²) >= 11 is 1.21. The highest BCUT2D eigenvalue weighted by Gasteiger charge is 2.22. The molecule has 0 aliphatic carbocycles. The molecular weight excluding hydrogens is 408 g/mol. The zero-order valence-electron chi connectivity index (χ0n) is 17.1. The van der Waals surface area contributed by atoms with E-state index in [1.807, 2.05) is 96.4 Å². The molecule has 0 spiro atoms. The molecule has 1 heterocycles. The van der Waals surface area contributed by atoms with Crippen LogP contribution in [0.1, 0.15) is 6.92 Å². The third kappa shape index (κ3) is 4.64. The SMILES string of the molecule is CCOc1ccc(-n2c(SCC(=O)O)nc(-c3ccccc3)c2-c2ccccc2)cc1. The average molecular weight is 431 g/mol. The van der Waals surface area contributed by atoms with Crippen LogP contribution in [0.4, 0.5) is 0 Å². The number of carboxylic acids is 1. The van der Waals surface area contributed by atoms with Crippen molar-refractivity contribution in [3.05, 3.63) is 84.9 Å². The van der Waals surface area contributed by atoms with Gasteiger partial charge in [0, 0.05) is 16.8 Å². The van der Waals surface area contributed by atoms with Crippen LogP contribution < -0.4 is 4.74 Å². The Labute approximate surface area is 185 Å². The highest BCUT2D eigenvalue weighted by molar-refractivity contribution is 7.99. The molecule has 0 unspecified atom stereocenters. The van der Waals surface area contributed by atoms with E-state index >= 15 is 0 Å². The van der Waals surface area contributed by atoms with Gasteiger partial charge in [-0.05, 0) is 31.2 Å². The molecule has 0 radical (unpaired) electrons. The van der Waals surface area contributed by atoms with Crippen molar-refractivity contribution < 1.29 is 14.6 Å². The van der Waals surface area contributed by atoms with Gasteiger partial charge in [0.1, 0.15) is 5.75 Å². The summed E-state index contributed by atoms with van der Waals surface area (Å²) in [6.45, 7) is 2.54. The van der Waals surface area contributed by atoms with Crippen LogP contribution in [0.2, 0.25) is 0 Å². The number of benzene rings is 3. The number of aromatic nitrogens is 2. The number of rotatable bonds is 8. The zero-order chi connectivity index (χ0) is 21.6. The number of hydrogen-bond donors (Lipinski definition) is 1. The molecule has 31 heavy (non-hydrogen) atoms. The predicted octanol–water partition coefficient (Wildman–Crippen LogP) is 5.78. The number of imidazole rings is 1. The Morgan fingerprint density at radius 1 is 0.935 bits per heavy atom. The van der Waals surface area contributed by atoms with Gasteiger partial charge in [-0.2, -0.15) is 0 Å². The lowest BCUT2D eigenvalue weighted by molar-refractivity contribution is -0.133. The molecule has 0 aliphatic heterocycles. The molecule has 3 aromatic carbocycles. The molecule has 0 saturated carbocycles. The van der Waals surface area contributed by atoms with Gasteiger partial charge in [0.15, 0.2) is 5.16 Å². The average Bonchev–Trinajstić information content (AvgIpc) is 3.19. The molecule has 0 saturated heterocycles. The Hall–Kier alpha value is -3.51. The monoisotopic (exact) mass is 430 g/mol. The van der Waals surface area contributed by atoms with Crippen molar-refractivity contribution in [2.75, 3.05) is 12.4 Å². The number of carboxylic acid groups (broad SMARTS) is 1. The molecule has 1 N–H and O–H groups in total. The normalized spacial score (nSPS) is 10.7. The van der Waals surface area contributed by atoms with E-state index in [1.165, 1.54) is 11.8 Å². The van der Waals surface area contributed by atoms with Crippen molar-refractivity contribution in [2.45, 2.75) is 12.1 Å². The van der Waals surface area contributed by atoms with Crippen LogP contribution in [0.3, 0.4) is 0 Å². The zero-order valence-corrected chi connectivity index (χ0v) is 17.9. The Morgan fingerprint density at radius 3 is 2.13 bits per heavy atom. The fourth-order valence-corrected chi connectivity index (χ4v) is 4.11. The van der Waals surface area contributed by atoms with Gasteiger partial charge in [-0.3, -0.25) is 9.36 Å². The summed E-state index contributed by atoms with van der Waals surface area (Å²) in [7, 11) is 0. The van der Waals surface area contributed by atoms with Crippen molar-refractivity contribution in [1.82, 2.24) is 9.55 Å². The molecule has 1 aromatic heterocycles. The van der Waals surface area contributed by atoms with E-state index in [1.54, 1.807) is 0 Å².